The quantitative estimate of drug-likeness (QED) is 0.777. The first kappa shape index (κ1) is 20.9. The molecule has 1 heterocycles. The molecule has 0 atom stereocenters. The molecule has 1 fully saturated rings. The average molecular weight is 396 g/mol. The number of unbranched alkanes of at least 4 members (excludes halogenated alkanes) is 1. The first-order chi connectivity index (χ1) is 14.1. The summed E-state index contributed by atoms with van der Waals surface area (Å²) in [5.74, 6) is -0.293. The molecule has 0 unspecified atom stereocenters. The Morgan fingerprint density at radius 1 is 1.07 bits per heavy atom. The van der Waals surface area contributed by atoms with Crippen LogP contribution in [0.1, 0.15) is 40.5 Å². The van der Waals surface area contributed by atoms with E-state index in [1.807, 2.05) is 24.3 Å². The molecule has 0 saturated carbocycles. The number of carbonyl (C=O) groups is 2. The number of para-hydroxylation sites is 2. The number of hydrogen-bond donors (Lipinski definition) is 1. The summed E-state index contributed by atoms with van der Waals surface area (Å²) in [4.78, 5) is 29.4. The molecule has 0 radical (unpaired) electrons. The van der Waals surface area contributed by atoms with E-state index >= 15 is 0 Å². The van der Waals surface area contributed by atoms with Gasteiger partial charge in [-0.15, -0.1) is 0 Å². The molecule has 2 aromatic rings. The van der Waals surface area contributed by atoms with Crippen molar-refractivity contribution in [2.45, 2.75) is 19.8 Å². The number of nitrogens with one attached hydrogen (secondary N) is 1. The van der Waals surface area contributed by atoms with E-state index < -0.39 is 0 Å². The van der Waals surface area contributed by atoms with E-state index in [1.165, 1.54) is 0 Å². The zero-order chi connectivity index (χ0) is 20.6. The average Bonchev–Trinajstić information content (AvgIpc) is 2.78. The molecular formula is C23H29N3O3. The summed E-state index contributed by atoms with van der Waals surface area (Å²) in [5.41, 5.74) is 2.74. The summed E-state index contributed by atoms with van der Waals surface area (Å²) in [6.07, 6.45) is 1.99. The van der Waals surface area contributed by atoms with E-state index in [-0.39, 0.29) is 11.8 Å². The van der Waals surface area contributed by atoms with E-state index in [0.717, 1.165) is 37.3 Å². The highest BCUT2D eigenvalue weighted by Gasteiger charge is 2.18. The molecular weight excluding hydrogens is 366 g/mol. The number of morpholine rings is 1. The number of hydrogen-bond acceptors (Lipinski definition) is 4. The van der Waals surface area contributed by atoms with E-state index in [2.05, 4.69) is 17.1 Å². The van der Waals surface area contributed by atoms with Gasteiger partial charge in [0.2, 0.25) is 0 Å². The van der Waals surface area contributed by atoms with Gasteiger partial charge in [0.25, 0.3) is 11.8 Å². The number of carbonyl (C=O) groups excluding carboxylic acids is 2. The zero-order valence-electron chi connectivity index (χ0n) is 17.2. The van der Waals surface area contributed by atoms with Gasteiger partial charge in [-0.2, -0.15) is 0 Å². The molecule has 0 aromatic heterocycles. The Kier molecular flexibility index (Phi) is 7.25. The van der Waals surface area contributed by atoms with Gasteiger partial charge >= 0.3 is 0 Å². The lowest BCUT2D eigenvalue weighted by atomic mass is 10.1. The normalized spacial score (nSPS) is 13.8. The Hall–Kier alpha value is -2.86. The molecule has 2 aromatic carbocycles. The summed E-state index contributed by atoms with van der Waals surface area (Å²) in [7, 11) is 1.79. The van der Waals surface area contributed by atoms with Crippen LogP contribution < -0.4 is 10.2 Å². The fraction of sp³-hybridized carbons (Fsp3) is 0.391. The van der Waals surface area contributed by atoms with Gasteiger partial charge in [0.05, 0.1) is 24.6 Å². The number of nitrogens with zero attached hydrogens (tertiary/aromatic N) is 2. The van der Waals surface area contributed by atoms with Crippen molar-refractivity contribution in [2.75, 3.05) is 50.1 Å². The molecule has 0 spiro atoms. The third-order valence-electron chi connectivity index (χ3n) is 5.07. The van der Waals surface area contributed by atoms with Crippen LogP contribution in [0.4, 0.5) is 11.4 Å². The van der Waals surface area contributed by atoms with Crippen molar-refractivity contribution in [3.05, 3.63) is 59.7 Å². The molecule has 1 N–H and O–H groups in total. The highest BCUT2D eigenvalue weighted by atomic mass is 16.5. The predicted molar refractivity (Wildman–Crippen MR) is 116 cm³/mol. The second kappa shape index (κ2) is 10.1. The van der Waals surface area contributed by atoms with Crippen molar-refractivity contribution >= 4 is 23.2 Å². The standard InChI is InChI=1S/C23H29N3O3/c1-3-4-12-25(2)23(28)19-9-7-8-18(17-19)22(27)24-20-10-5-6-11-21(20)26-13-15-29-16-14-26/h5-11,17H,3-4,12-16H2,1-2H3,(H,24,27). The predicted octanol–water partition coefficient (Wildman–Crippen LogP) is 3.65. The number of ether oxygens (including phenoxy) is 1. The van der Waals surface area contributed by atoms with Crippen molar-refractivity contribution in [3.8, 4) is 0 Å². The van der Waals surface area contributed by atoms with E-state index in [1.54, 1.807) is 36.2 Å². The van der Waals surface area contributed by atoms with Gasteiger partial charge in [0.15, 0.2) is 0 Å². The molecule has 1 saturated heterocycles. The van der Waals surface area contributed by atoms with E-state index in [9.17, 15) is 9.59 Å². The Morgan fingerprint density at radius 2 is 1.79 bits per heavy atom. The Bertz CT molecular complexity index is 847. The molecule has 29 heavy (non-hydrogen) atoms. The van der Waals surface area contributed by atoms with Crippen molar-refractivity contribution < 1.29 is 14.3 Å². The summed E-state index contributed by atoms with van der Waals surface area (Å²) >= 11 is 0. The van der Waals surface area contributed by atoms with Crippen LogP contribution in [0.2, 0.25) is 0 Å². The fourth-order valence-electron chi connectivity index (χ4n) is 3.36. The minimum Gasteiger partial charge on any atom is -0.378 e. The monoisotopic (exact) mass is 395 g/mol. The summed E-state index contributed by atoms with van der Waals surface area (Å²) in [6.45, 7) is 5.74. The van der Waals surface area contributed by atoms with Gasteiger partial charge in [-0.25, -0.2) is 0 Å². The van der Waals surface area contributed by atoms with Crippen LogP contribution in [0.3, 0.4) is 0 Å². The lowest BCUT2D eigenvalue weighted by Gasteiger charge is -2.30. The molecule has 0 bridgehead atoms. The molecule has 1 aliphatic heterocycles. The largest absolute Gasteiger partial charge is 0.378 e. The second-order valence-electron chi connectivity index (χ2n) is 7.23. The van der Waals surface area contributed by atoms with Crippen LogP contribution in [0.15, 0.2) is 48.5 Å². The van der Waals surface area contributed by atoms with Gasteiger partial charge < -0.3 is 19.9 Å². The molecule has 0 aliphatic carbocycles. The minimum atomic E-state index is -0.225. The Balaban J connectivity index is 1.74. The molecule has 154 valence electrons. The summed E-state index contributed by atoms with van der Waals surface area (Å²) < 4.78 is 5.43. The topological polar surface area (TPSA) is 61.9 Å². The van der Waals surface area contributed by atoms with Crippen LogP contribution in [-0.2, 0) is 4.74 Å². The van der Waals surface area contributed by atoms with E-state index in [0.29, 0.717) is 30.9 Å². The Morgan fingerprint density at radius 3 is 2.55 bits per heavy atom. The maximum absolute atomic E-state index is 12.9. The summed E-state index contributed by atoms with van der Waals surface area (Å²) in [6, 6.07) is 14.7. The van der Waals surface area contributed by atoms with Gasteiger partial charge in [-0.3, -0.25) is 9.59 Å². The summed E-state index contributed by atoms with van der Waals surface area (Å²) in [5, 5.41) is 3.01. The van der Waals surface area contributed by atoms with Crippen molar-refractivity contribution in [1.29, 1.82) is 0 Å². The number of rotatable bonds is 7. The number of benzene rings is 2. The third-order valence-corrected chi connectivity index (χ3v) is 5.07. The number of anilines is 2. The maximum atomic E-state index is 12.9. The fourth-order valence-corrected chi connectivity index (χ4v) is 3.36. The first-order valence-corrected chi connectivity index (χ1v) is 10.2. The van der Waals surface area contributed by atoms with Gasteiger partial charge in [-0.1, -0.05) is 31.5 Å². The Labute approximate surface area is 172 Å². The van der Waals surface area contributed by atoms with Gasteiger partial charge in [0.1, 0.15) is 0 Å². The third kappa shape index (κ3) is 5.35. The smallest absolute Gasteiger partial charge is 0.255 e. The van der Waals surface area contributed by atoms with Crippen LogP contribution in [-0.4, -0.2) is 56.6 Å². The molecule has 3 rings (SSSR count). The maximum Gasteiger partial charge on any atom is 0.255 e. The molecule has 6 heteroatoms. The lowest BCUT2D eigenvalue weighted by molar-refractivity contribution is 0.0793. The van der Waals surface area contributed by atoms with E-state index in [4.69, 9.17) is 4.74 Å². The lowest BCUT2D eigenvalue weighted by Crippen LogP contribution is -2.36. The molecule has 1 aliphatic rings. The minimum absolute atomic E-state index is 0.0678. The molecule has 2 amide bonds. The number of amides is 2. The van der Waals surface area contributed by atoms with Gasteiger partial charge in [-0.05, 0) is 36.8 Å². The van der Waals surface area contributed by atoms with Crippen LogP contribution in [0.5, 0.6) is 0 Å². The van der Waals surface area contributed by atoms with Crippen molar-refractivity contribution in [3.63, 3.8) is 0 Å². The SMILES string of the molecule is CCCCN(C)C(=O)c1cccc(C(=O)Nc2ccccc2N2CCOCC2)c1. The zero-order valence-corrected chi connectivity index (χ0v) is 17.2. The van der Waals surface area contributed by atoms with Crippen LogP contribution in [0.25, 0.3) is 0 Å². The molecule has 6 nitrogen and oxygen atoms in total. The highest BCUT2D eigenvalue weighted by molar-refractivity contribution is 6.07. The van der Waals surface area contributed by atoms with Crippen molar-refractivity contribution in [2.24, 2.45) is 0 Å². The van der Waals surface area contributed by atoms with Crippen LogP contribution in [0, 0.1) is 0 Å². The second-order valence-corrected chi connectivity index (χ2v) is 7.23. The van der Waals surface area contributed by atoms with Crippen molar-refractivity contribution in [1.82, 2.24) is 4.90 Å². The van der Waals surface area contributed by atoms with Crippen LogP contribution >= 0.6 is 0 Å². The first-order valence-electron chi connectivity index (χ1n) is 10.2. The highest BCUT2D eigenvalue weighted by Crippen LogP contribution is 2.27. The van der Waals surface area contributed by atoms with Gasteiger partial charge in [0, 0.05) is 37.8 Å².